The molecular weight excluding hydrogens is 176 g/mol. The molecule has 0 saturated heterocycles. The number of primary amides is 1. The maximum atomic E-state index is 10.6. The molecule has 1 aromatic carbocycles. The molecule has 2 N–H and O–H groups in total. The average Bonchev–Trinajstić information content (AvgIpc) is 2.15. The van der Waals surface area contributed by atoms with Crippen molar-refractivity contribution in [3.8, 4) is 0 Å². The van der Waals surface area contributed by atoms with Crippen molar-refractivity contribution in [2.24, 2.45) is 5.73 Å². The Morgan fingerprint density at radius 1 is 1.36 bits per heavy atom. The van der Waals surface area contributed by atoms with Gasteiger partial charge in [0.15, 0.2) is 0 Å². The highest BCUT2D eigenvalue weighted by Crippen LogP contribution is 1.99. The SMILES string of the molecule is CN(CCc1ccccc1)CC(N)=O. The van der Waals surface area contributed by atoms with Gasteiger partial charge in [0.2, 0.25) is 5.91 Å². The molecule has 14 heavy (non-hydrogen) atoms. The van der Waals surface area contributed by atoms with Crippen LogP contribution in [0.4, 0.5) is 0 Å². The summed E-state index contributed by atoms with van der Waals surface area (Å²) in [7, 11) is 1.90. The standard InChI is InChI=1S/C11H16N2O/c1-13(9-11(12)14)8-7-10-5-3-2-4-6-10/h2-6H,7-9H2,1H3,(H2,12,14). The first-order valence-electron chi connectivity index (χ1n) is 4.69. The van der Waals surface area contributed by atoms with E-state index >= 15 is 0 Å². The molecule has 0 radical (unpaired) electrons. The van der Waals surface area contributed by atoms with Crippen LogP contribution in [0, 0.1) is 0 Å². The van der Waals surface area contributed by atoms with Crippen LogP contribution in [0.25, 0.3) is 0 Å². The van der Waals surface area contributed by atoms with Gasteiger partial charge < -0.3 is 5.73 Å². The first-order chi connectivity index (χ1) is 6.68. The van der Waals surface area contributed by atoms with Gasteiger partial charge in [-0.2, -0.15) is 0 Å². The summed E-state index contributed by atoms with van der Waals surface area (Å²) >= 11 is 0. The Hall–Kier alpha value is -1.35. The topological polar surface area (TPSA) is 46.3 Å². The summed E-state index contributed by atoms with van der Waals surface area (Å²) in [4.78, 5) is 12.5. The second kappa shape index (κ2) is 5.40. The number of amides is 1. The van der Waals surface area contributed by atoms with Gasteiger partial charge in [-0.25, -0.2) is 0 Å². The largest absolute Gasteiger partial charge is 0.369 e. The second-order valence-corrected chi connectivity index (χ2v) is 3.44. The van der Waals surface area contributed by atoms with E-state index in [2.05, 4.69) is 12.1 Å². The predicted octanol–water partition coefficient (Wildman–Crippen LogP) is 0.646. The van der Waals surface area contributed by atoms with E-state index in [4.69, 9.17) is 5.73 Å². The van der Waals surface area contributed by atoms with Gasteiger partial charge in [-0.15, -0.1) is 0 Å². The Labute approximate surface area is 84.5 Å². The van der Waals surface area contributed by atoms with Crippen molar-refractivity contribution in [1.29, 1.82) is 0 Å². The van der Waals surface area contributed by atoms with Gasteiger partial charge in [0, 0.05) is 6.54 Å². The maximum absolute atomic E-state index is 10.6. The predicted molar refractivity (Wildman–Crippen MR) is 56.8 cm³/mol. The lowest BCUT2D eigenvalue weighted by molar-refractivity contribution is -0.118. The molecule has 76 valence electrons. The molecule has 0 aliphatic rings. The van der Waals surface area contributed by atoms with Crippen LogP contribution in [0.15, 0.2) is 30.3 Å². The number of carbonyl (C=O) groups is 1. The lowest BCUT2D eigenvalue weighted by atomic mass is 10.1. The van der Waals surface area contributed by atoms with E-state index in [1.807, 2.05) is 30.1 Å². The van der Waals surface area contributed by atoms with Crippen molar-refractivity contribution in [3.05, 3.63) is 35.9 Å². The van der Waals surface area contributed by atoms with E-state index in [9.17, 15) is 4.79 Å². The van der Waals surface area contributed by atoms with Gasteiger partial charge in [0.25, 0.3) is 0 Å². The van der Waals surface area contributed by atoms with Gasteiger partial charge in [0.05, 0.1) is 6.54 Å². The number of hydrogen-bond donors (Lipinski definition) is 1. The van der Waals surface area contributed by atoms with E-state index in [1.54, 1.807) is 0 Å². The molecule has 0 aromatic heterocycles. The fraction of sp³-hybridized carbons (Fsp3) is 0.364. The summed E-state index contributed by atoms with van der Waals surface area (Å²) in [6, 6.07) is 10.2. The van der Waals surface area contributed by atoms with Gasteiger partial charge in [-0.05, 0) is 19.0 Å². The van der Waals surface area contributed by atoms with Gasteiger partial charge in [-0.3, -0.25) is 9.69 Å². The zero-order valence-corrected chi connectivity index (χ0v) is 8.44. The third-order valence-corrected chi connectivity index (χ3v) is 2.05. The lowest BCUT2D eigenvalue weighted by Gasteiger charge is -2.13. The van der Waals surface area contributed by atoms with E-state index in [1.165, 1.54) is 5.56 Å². The normalized spacial score (nSPS) is 10.4. The molecular formula is C11H16N2O. The molecule has 0 saturated carbocycles. The van der Waals surface area contributed by atoms with Crippen LogP contribution >= 0.6 is 0 Å². The van der Waals surface area contributed by atoms with E-state index in [-0.39, 0.29) is 5.91 Å². The Kier molecular flexibility index (Phi) is 4.13. The quantitative estimate of drug-likeness (QED) is 0.744. The van der Waals surface area contributed by atoms with Crippen LogP contribution in [0.1, 0.15) is 5.56 Å². The fourth-order valence-corrected chi connectivity index (χ4v) is 1.31. The van der Waals surface area contributed by atoms with Crippen LogP contribution in [-0.2, 0) is 11.2 Å². The number of rotatable bonds is 5. The van der Waals surface area contributed by atoms with Crippen molar-refractivity contribution in [2.75, 3.05) is 20.1 Å². The minimum absolute atomic E-state index is 0.277. The van der Waals surface area contributed by atoms with Crippen LogP contribution < -0.4 is 5.73 Å². The summed E-state index contributed by atoms with van der Waals surface area (Å²) in [5.41, 5.74) is 6.36. The number of carbonyl (C=O) groups excluding carboxylic acids is 1. The van der Waals surface area contributed by atoms with Crippen molar-refractivity contribution in [2.45, 2.75) is 6.42 Å². The number of nitrogens with zero attached hydrogens (tertiary/aromatic N) is 1. The lowest BCUT2D eigenvalue weighted by Crippen LogP contribution is -2.32. The molecule has 0 atom stereocenters. The summed E-state index contributed by atoms with van der Waals surface area (Å²) in [5, 5.41) is 0. The molecule has 1 aromatic rings. The average molecular weight is 192 g/mol. The molecule has 0 aliphatic carbocycles. The smallest absolute Gasteiger partial charge is 0.231 e. The highest BCUT2D eigenvalue weighted by Gasteiger charge is 2.01. The summed E-state index contributed by atoms with van der Waals surface area (Å²) in [6.07, 6.45) is 0.949. The third kappa shape index (κ3) is 4.05. The van der Waals surface area contributed by atoms with Crippen LogP contribution in [0.3, 0.4) is 0 Å². The molecule has 1 amide bonds. The monoisotopic (exact) mass is 192 g/mol. The number of likely N-dealkylation sites (N-methyl/N-ethyl adjacent to an activating group) is 1. The third-order valence-electron chi connectivity index (χ3n) is 2.05. The molecule has 0 unspecified atom stereocenters. The molecule has 3 nitrogen and oxygen atoms in total. The van der Waals surface area contributed by atoms with Crippen molar-refractivity contribution < 1.29 is 4.79 Å². The zero-order valence-electron chi connectivity index (χ0n) is 8.44. The highest BCUT2D eigenvalue weighted by molar-refractivity contribution is 5.75. The van der Waals surface area contributed by atoms with Crippen LogP contribution in [0.5, 0.6) is 0 Å². The van der Waals surface area contributed by atoms with Crippen molar-refractivity contribution in [3.63, 3.8) is 0 Å². The first kappa shape index (κ1) is 10.7. The molecule has 3 heteroatoms. The molecule has 0 bridgehead atoms. The molecule has 0 fully saturated rings. The maximum Gasteiger partial charge on any atom is 0.231 e. The van der Waals surface area contributed by atoms with E-state index in [0.717, 1.165) is 13.0 Å². The Morgan fingerprint density at radius 2 is 2.00 bits per heavy atom. The van der Waals surface area contributed by atoms with Crippen molar-refractivity contribution >= 4 is 5.91 Å². The van der Waals surface area contributed by atoms with E-state index < -0.39 is 0 Å². The van der Waals surface area contributed by atoms with Crippen LogP contribution in [0.2, 0.25) is 0 Å². The second-order valence-electron chi connectivity index (χ2n) is 3.44. The Morgan fingerprint density at radius 3 is 2.57 bits per heavy atom. The zero-order chi connectivity index (χ0) is 10.4. The molecule has 0 aliphatic heterocycles. The minimum atomic E-state index is -0.277. The Balaban J connectivity index is 2.30. The summed E-state index contributed by atoms with van der Waals surface area (Å²) in [5.74, 6) is -0.277. The van der Waals surface area contributed by atoms with Gasteiger partial charge in [-0.1, -0.05) is 30.3 Å². The van der Waals surface area contributed by atoms with Gasteiger partial charge >= 0.3 is 0 Å². The molecule has 0 spiro atoms. The molecule has 0 heterocycles. The number of nitrogens with two attached hydrogens (primary N) is 1. The summed E-state index contributed by atoms with van der Waals surface area (Å²) in [6.45, 7) is 1.18. The van der Waals surface area contributed by atoms with Crippen molar-refractivity contribution in [1.82, 2.24) is 4.90 Å². The Bertz CT molecular complexity index is 285. The number of hydrogen-bond acceptors (Lipinski definition) is 2. The van der Waals surface area contributed by atoms with Crippen LogP contribution in [-0.4, -0.2) is 30.9 Å². The van der Waals surface area contributed by atoms with Gasteiger partial charge in [0.1, 0.15) is 0 Å². The summed E-state index contributed by atoms with van der Waals surface area (Å²) < 4.78 is 0. The number of benzene rings is 1. The first-order valence-corrected chi connectivity index (χ1v) is 4.69. The fourth-order valence-electron chi connectivity index (χ4n) is 1.31. The minimum Gasteiger partial charge on any atom is -0.369 e. The van der Waals surface area contributed by atoms with E-state index in [0.29, 0.717) is 6.54 Å². The highest BCUT2D eigenvalue weighted by atomic mass is 16.1. The molecule has 1 rings (SSSR count).